The highest BCUT2D eigenvalue weighted by Crippen LogP contribution is 2.12. The zero-order valence-electron chi connectivity index (χ0n) is 6.47. The van der Waals surface area contributed by atoms with Crippen LogP contribution in [0.15, 0.2) is 0 Å². The van der Waals surface area contributed by atoms with Crippen LogP contribution < -0.4 is 5.32 Å². The number of hydrogen-bond acceptors (Lipinski definition) is 3. The fourth-order valence-electron chi connectivity index (χ4n) is 1.19. The fraction of sp³-hybridized carbons (Fsp3) is 0.857. The first kappa shape index (κ1) is 8.46. The molecule has 0 spiro atoms. The van der Waals surface area contributed by atoms with E-state index in [0.717, 1.165) is 0 Å². The lowest BCUT2D eigenvalue weighted by Crippen LogP contribution is -2.44. The van der Waals surface area contributed by atoms with Crippen LogP contribution in [0.4, 0.5) is 4.39 Å². The van der Waals surface area contributed by atoms with Gasteiger partial charge in [0.2, 0.25) is 0 Å². The van der Waals surface area contributed by atoms with Crippen LogP contribution in [0.3, 0.4) is 0 Å². The molecule has 0 aliphatic carbocycles. The van der Waals surface area contributed by atoms with Crippen molar-refractivity contribution in [2.45, 2.75) is 25.1 Å². The molecule has 1 unspecified atom stereocenters. The van der Waals surface area contributed by atoms with Gasteiger partial charge in [-0.3, -0.25) is 4.79 Å². The SMILES string of the molecule is COC(=O)[C@H]1CC(F)CCN1. The Bertz CT molecular complexity index is 151. The van der Waals surface area contributed by atoms with E-state index in [1.165, 1.54) is 7.11 Å². The summed E-state index contributed by atoms with van der Waals surface area (Å²) >= 11 is 0. The van der Waals surface area contributed by atoms with E-state index in [-0.39, 0.29) is 12.4 Å². The van der Waals surface area contributed by atoms with Gasteiger partial charge in [0.15, 0.2) is 0 Å². The third-order valence-electron chi connectivity index (χ3n) is 1.83. The Morgan fingerprint density at radius 3 is 3.00 bits per heavy atom. The normalized spacial score (nSPS) is 31.5. The highest BCUT2D eigenvalue weighted by Gasteiger charge is 2.26. The van der Waals surface area contributed by atoms with E-state index >= 15 is 0 Å². The van der Waals surface area contributed by atoms with Gasteiger partial charge in [-0.1, -0.05) is 0 Å². The molecule has 3 nitrogen and oxygen atoms in total. The number of esters is 1. The minimum atomic E-state index is -0.861. The molecule has 64 valence electrons. The lowest BCUT2D eigenvalue weighted by molar-refractivity contribution is -0.144. The molecule has 0 aromatic rings. The lowest BCUT2D eigenvalue weighted by Gasteiger charge is -2.23. The Kier molecular flexibility index (Phi) is 2.82. The second-order valence-corrected chi connectivity index (χ2v) is 2.65. The minimum Gasteiger partial charge on any atom is -0.468 e. The van der Waals surface area contributed by atoms with Gasteiger partial charge in [0.05, 0.1) is 7.11 Å². The molecule has 0 amide bonds. The third-order valence-corrected chi connectivity index (χ3v) is 1.83. The Labute approximate surface area is 64.9 Å². The van der Waals surface area contributed by atoms with Gasteiger partial charge in [-0.2, -0.15) is 0 Å². The summed E-state index contributed by atoms with van der Waals surface area (Å²) in [6.07, 6.45) is -0.125. The molecule has 0 radical (unpaired) electrons. The summed E-state index contributed by atoms with van der Waals surface area (Å²) in [6, 6.07) is -0.441. The summed E-state index contributed by atoms with van der Waals surface area (Å²) in [4.78, 5) is 10.9. The van der Waals surface area contributed by atoms with Crippen LogP contribution in [0, 0.1) is 0 Å². The number of carbonyl (C=O) groups is 1. The number of piperidine rings is 1. The molecular formula is C7H12FNO2. The Balaban J connectivity index is 2.39. The summed E-state index contributed by atoms with van der Waals surface area (Å²) in [7, 11) is 1.31. The first-order valence-corrected chi connectivity index (χ1v) is 3.69. The van der Waals surface area contributed by atoms with E-state index in [0.29, 0.717) is 13.0 Å². The van der Waals surface area contributed by atoms with Gasteiger partial charge in [0, 0.05) is 6.42 Å². The summed E-state index contributed by atoms with van der Waals surface area (Å²) in [6.45, 7) is 0.556. The van der Waals surface area contributed by atoms with Crippen LogP contribution >= 0.6 is 0 Å². The maximum absolute atomic E-state index is 12.7. The first-order chi connectivity index (χ1) is 5.24. The van der Waals surface area contributed by atoms with Crippen LogP contribution in [0.25, 0.3) is 0 Å². The quantitative estimate of drug-likeness (QED) is 0.560. The van der Waals surface area contributed by atoms with Crippen LogP contribution in [0.2, 0.25) is 0 Å². The first-order valence-electron chi connectivity index (χ1n) is 3.69. The van der Waals surface area contributed by atoms with Gasteiger partial charge < -0.3 is 10.1 Å². The molecular weight excluding hydrogens is 149 g/mol. The van der Waals surface area contributed by atoms with Crippen molar-refractivity contribution in [2.75, 3.05) is 13.7 Å². The second kappa shape index (κ2) is 3.67. The molecule has 1 heterocycles. The maximum atomic E-state index is 12.7. The number of methoxy groups -OCH3 is 1. The molecule has 11 heavy (non-hydrogen) atoms. The zero-order chi connectivity index (χ0) is 8.27. The highest BCUT2D eigenvalue weighted by atomic mass is 19.1. The highest BCUT2D eigenvalue weighted by molar-refractivity contribution is 5.75. The molecule has 1 aliphatic rings. The largest absolute Gasteiger partial charge is 0.468 e. The maximum Gasteiger partial charge on any atom is 0.322 e. The standard InChI is InChI=1S/C7H12FNO2/c1-11-7(10)6-4-5(8)2-3-9-6/h5-6,9H,2-4H2,1H3/t5?,6-/m1/s1. The van der Waals surface area contributed by atoms with E-state index in [4.69, 9.17) is 0 Å². The number of rotatable bonds is 1. The molecule has 0 aromatic heterocycles. The van der Waals surface area contributed by atoms with E-state index in [9.17, 15) is 9.18 Å². The number of carbonyl (C=O) groups excluding carboxylic acids is 1. The van der Waals surface area contributed by atoms with E-state index in [1.54, 1.807) is 0 Å². The van der Waals surface area contributed by atoms with Crippen LogP contribution in [0.5, 0.6) is 0 Å². The van der Waals surface area contributed by atoms with Crippen molar-refractivity contribution in [3.05, 3.63) is 0 Å². The second-order valence-electron chi connectivity index (χ2n) is 2.65. The fourth-order valence-corrected chi connectivity index (χ4v) is 1.19. The van der Waals surface area contributed by atoms with Crippen LogP contribution in [-0.4, -0.2) is 31.8 Å². The van der Waals surface area contributed by atoms with E-state index < -0.39 is 12.2 Å². The van der Waals surface area contributed by atoms with Crippen LogP contribution in [0.1, 0.15) is 12.8 Å². The molecule has 1 N–H and O–H groups in total. The summed E-state index contributed by atoms with van der Waals surface area (Å²) in [5, 5.41) is 2.89. The Morgan fingerprint density at radius 1 is 1.73 bits per heavy atom. The lowest BCUT2D eigenvalue weighted by atomic mass is 10.0. The molecule has 1 rings (SSSR count). The van der Waals surface area contributed by atoms with Gasteiger partial charge in [0.25, 0.3) is 0 Å². The van der Waals surface area contributed by atoms with Crippen molar-refractivity contribution < 1.29 is 13.9 Å². The van der Waals surface area contributed by atoms with Crippen molar-refractivity contribution in [3.63, 3.8) is 0 Å². The number of nitrogens with one attached hydrogen (secondary N) is 1. The number of hydrogen-bond donors (Lipinski definition) is 1. The Hall–Kier alpha value is -0.640. The number of halogens is 1. The molecule has 4 heteroatoms. The minimum absolute atomic E-state index is 0.243. The van der Waals surface area contributed by atoms with Crippen molar-refractivity contribution in [2.24, 2.45) is 0 Å². The summed E-state index contributed by atoms with van der Waals surface area (Å²) in [5.41, 5.74) is 0. The van der Waals surface area contributed by atoms with Crippen molar-refractivity contribution in [1.82, 2.24) is 5.32 Å². The molecule has 1 saturated heterocycles. The molecule has 0 aromatic carbocycles. The third kappa shape index (κ3) is 2.15. The van der Waals surface area contributed by atoms with E-state index in [1.807, 2.05) is 0 Å². The van der Waals surface area contributed by atoms with Gasteiger partial charge in [-0.05, 0) is 13.0 Å². The topological polar surface area (TPSA) is 38.3 Å². The average molecular weight is 161 g/mol. The van der Waals surface area contributed by atoms with Crippen molar-refractivity contribution in [3.8, 4) is 0 Å². The summed E-state index contributed by atoms with van der Waals surface area (Å²) in [5.74, 6) is -0.368. The summed E-state index contributed by atoms with van der Waals surface area (Å²) < 4.78 is 17.2. The van der Waals surface area contributed by atoms with Gasteiger partial charge in [-0.25, -0.2) is 4.39 Å². The molecule has 1 aliphatic heterocycles. The molecule has 1 fully saturated rings. The number of ether oxygens (including phenoxy) is 1. The molecule has 2 atom stereocenters. The van der Waals surface area contributed by atoms with Crippen molar-refractivity contribution >= 4 is 5.97 Å². The monoisotopic (exact) mass is 161 g/mol. The van der Waals surface area contributed by atoms with E-state index in [2.05, 4.69) is 10.1 Å². The Morgan fingerprint density at radius 2 is 2.45 bits per heavy atom. The van der Waals surface area contributed by atoms with Gasteiger partial charge >= 0.3 is 5.97 Å². The molecule has 0 bridgehead atoms. The van der Waals surface area contributed by atoms with Gasteiger partial charge in [-0.15, -0.1) is 0 Å². The van der Waals surface area contributed by atoms with Gasteiger partial charge in [0.1, 0.15) is 12.2 Å². The zero-order valence-corrected chi connectivity index (χ0v) is 6.47. The smallest absolute Gasteiger partial charge is 0.322 e. The number of alkyl halides is 1. The van der Waals surface area contributed by atoms with Crippen molar-refractivity contribution in [1.29, 1.82) is 0 Å². The predicted molar refractivity (Wildman–Crippen MR) is 37.9 cm³/mol. The average Bonchev–Trinajstić information content (AvgIpc) is 2.03. The molecule has 0 saturated carbocycles. The van der Waals surface area contributed by atoms with Crippen LogP contribution in [-0.2, 0) is 9.53 Å². The predicted octanol–water partition coefficient (Wildman–Crippen LogP) is 0.249.